The summed E-state index contributed by atoms with van der Waals surface area (Å²) in [7, 11) is 2.26. The third kappa shape index (κ3) is 4.02. The van der Waals surface area contributed by atoms with E-state index in [9.17, 15) is 0 Å². The quantitative estimate of drug-likeness (QED) is 0.903. The molecular weight excluding hydrogens is 234 g/mol. The molecule has 1 saturated heterocycles. The lowest BCUT2D eigenvalue weighted by atomic mass is 9.90. The Morgan fingerprint density at radius 3 is 2.95 bits per heavy atom. The van der Waals surface area contributed by atoms with E-state index in [-0.39, 0.29) is 0 Å². The predicted octanol–water partition coefficient (Wildman–Crippen LogP) is 2.85. The van der Waals surface area contributed by atoms with Crippen LogP contribution in [0.4, 0.5) is 0 Å². The van der Waals surface area contributed by atoms with Crippen LogP contribution >= 0.6 is 0 Å². The molecule has 0 aromatic carbocycles. The molecule has 0 radical (unpaired) electrons. The lowest BCUT2D eigenvalue weighted by molar-refractivity contribution is 0.187. The molecule has 2 heterocycles. The van der Waals surface area contributed by atoms with Crippen molar-refractivity contribution >= 4 is 0 Å². The molecule has 0 aliphatic carbocycles. The topological polar surface area (TPSA) is 28.2 Å². The lowest BCUT2D eigenvalue weighted by Crippen LogP contribution is -2.37. The van der Waals surface area contributed by atoms with Crippen molar-refractivity contribution in [1.82, 2.24) is 15.2 Å². The summed E-state index contributed by atoms with van der Waals surface area (Å²) in [6.07, 6.45) is 7.86. The lowest BCUT2D eigenvalue weighted by Gasteiger charge is -2.33. The molecule has 1 fully saturated rings. The fourth-order valence-corrected chi connectivity index (χ4v) is 3.10. The standard InChI is InChI=1S/C16H27N3/c1-13(2)18-12-15-7-4-5-10-19(3)16(15)14-8-6-9-17-11-14/h6,8-9,11,13,15-16,18H,4-5,7,10,12H2,1-3H3. The van der Waals surface area contributed by atoms with Crippen molar-refractivity contribution < 1.29 is 0 Å². The largest absolute Gasteiger partial charge is 0.314 e. The van der Waals surface area contributed by atoms with Gasteiger partial charge in [0.15, 0.2) is 0 Å². The second kappa shape index (κ2) is 7.01. The van der Waals surface area contributed by atoms with Crippen LogP contribution in [-0.4, -0.2) is 36.1 Å². The first-order valence-electron chi connectivity index (χ1n) is 7.52. The number of likely N-dealkylation sites (tertiary alicyclic amines) is 1. The summed E-state index contributed by atoms with van der Waals surface area (Å²) in [4.78, 5) is 6.82. The summed E-state index contributed by atoms with van der Waals surface area (Å²) in [6.45, 7) is 6.73. The number of hydrogen-bond donors (Lipinski definition) is 1. The van der Waals surface area contributed by atoms with Crippen molar-refractivity contribution in [3.05, 3.63) is 30.1 Å². The second-order valence-corrected chi connectivity index (χ2v) is 6.03. The Labute approximate surface area is 117 Å². The van der Waals surface area contributed by atoms with E-state index in [0.29, 0.717) is 18.0 Å². The van der Waals surface area contributed by atoms with Gasteiger partial charge in [-0.05, 0) is 44.0 Å². The molecule has 1 aromatic heterocycles. The third-order valence-electron chi connectivity index (χ3n) is 4.07. The summed E-state index contributed by atoms with van der Waals surface area (Å²) in [5.74, 6) is 0.680. The Hall–Kier alpha value is -0.930. The Kier molecular flexibility index (Phi) is 5.34. The smallest absolute Gasteiger partial charge is 0.0400 e. The van der Waals surface area contributed by atoms with Crippen LogP contribution in [0, 0.1) is 5.92 Å². The van der Waals surface area contributed by atoms with Gasteiger partial charge < -0.3 is 5.32 Å². The number of hydrogen-bond acceptors (Lipinski definition) is 3. The average molecular weight is 261 g/mol. The van der Waals surface area contributed by atoms with Crippen molar-refractivity contribution in [2.75, 3.05) is 20.1 Å². The van der Waals surface area contributed by atoms with E-state index in [4.69, 9.17) is 0 Å². The minimum absolute atomic E-state index is 0.502. The van der Waals surface area contributed by atoms with Gasteiger partial charge in [0, 0.05) is 31.0 Å². The fourth-order valence-electron chi connectivity index (χ4n) is 3.10. The molecule has 0 bridgehead atoms. The first-order chi connectivity index (χ1) is 9.18. The molecule has 0 amide bonds. The van der Waals surface area contributed by atoms with E-state index in [1.54, 1.807) is 0 Å². The van der Waals surface area contributed by atoms with Crippen molar-refractivity contribution in [3.63, 3.8) is 0 Å². The van der Waals surface area contributed by atoms with Crippen molar-refractivity contribution in [3.8, 4) is 0 Å². The molecule has 1 aliphatic heterocycles. The molecule has 2 unspecified atom stereocenters. The van der Waals surface area contributed by atoms with Crippen molar-refractivity contribution in [2.24, 2.45) is 5.92 Å². The first kappa shape index (κ1) is 14.5. The minimum atomic E-state index is 0.502. The van der Waals surface area contributed by atoms with Gasteiger partial charge in [-0.2, -0.15) is 0 Å². The number of pyridine rings is 1. The van der Waals surface area contributed by atoms with Crippen LogP contribution in [0.2, 0.25) is 0 Å². The zero-order chi connectivity index (χ0) is 13.7. The van der Waals surface area contributed by atoms with Gasteiger partial charge in [-0.1, -0.05) is 26.3 Å². The van der Waals surface area contributed by atoms with E-state index in [1.807, 2.05) is 12.4 Å². The maximum absolute atomic E-state index is 4.31. The summed E-state index contributed by atoms with van der Waals surface area (Å²) in [5, 5.41) is 3.62. The van der Waals surface area contributed by atoms with Crippen LogP contribution in [0.15, 0.2) is 24.5 Å². The third-order valence-corrected chi connectivity index (χ3v) is 4.07. The second-order valence-electron chi connectivity index (χ2n) is 6.03. The number of nitrogens with one attached hydrogen (secondary N) is 1. The van der Waals surface area contributed by atoms with Crippen LogP contribution in [0.5, 0.6) is 0 Å². The molecule has 1 N–H and O–H groups in total. The maximum Gasteiger partial charge on any atom is 0.0400 e. The Balaban J connectivity index is 2.16. The summed E-state index contributed by atoms with van der Waals surface area (Å²) in [6, 6.07) is 5.34. The SMILES string of the molecule is CC(C)NCC1CCCCN(C)C1c1cccnc1. The number of nitrogens with zero attached hydrogens (tertiary/aromatic N) is 2. The Bertz CT molecular complexity index is 364. The monoisotopic (exact) mass is 261 g/mol. The van der Waals surface area contributed by atoms with E-state index in [0.717, 1.165) is 6.54 Å². The van der Waals surface area contributed by atoms with Crippen LogP contribution in [0.25, 0.3) is 0 Å². The van der Waals surface area contributed by atoms with Gasteiger partial charge in [-0.25, -0.2) is 0 Å². The predicted molar refractivity (Wildman–Crippen MR) is 80.1 cm³/mol. The molecule has 2 rings (SSSR count). The van der Waals surface area contributed by atoms with Gasteiger partial charge in [0.25, 0.3) is 0 Å². The molecule has 1 aliphatic rings. The van der Waals surface area contributed by atoms with E-state index >= 15 is 0 Å². The van der Waals surface area contributed by atoms with Crippen LogP contribution in [0.3, 0.4) is 0 Å². The van der Waals surface area contributed by atoms with Crippen molar-refractivity contribution in [2.45, 2.75) is 45.2 Å². The van der Waals surface area contributed by atoms with Crippen LogP contribution in [0.1, 0.15) is 44.7 Å². The highest BCUT2D eigenvalue weighted by Crippen LogP contribution is 2.33. The highest BCUT2D eigenvalue weighted by molar-refractivity contribution is 5.15. The van der Waals surface area contributed by atoms with Crippen LogP contribution in [-0.2, 0) is 0 Å². The highest BCUT2D eigenvalue weighted by atomic mass is 15.1. The molecule has 0 saturated carbocycles. The maximum atomic E-state index is 4.31. The highest BCUT2D eigenvalue weighted by Gasteiger charge is 2.28. The Morgan fingerprint density at radius 1 is 1.42 bits per heavy atom. The molecular formula is C16H27N3. The summed E-state index contributed by atoms with van der Waals surface area (Å²) < 4.78 is 0. The minimum Gasteiger partial charge on any atom is -0.314 e. The van der Waals surface area contributed by atoms with Gasteiger partial charge in [-0.3, -0.25) is 9.88 Å². The number of aromatic nitrogens is 1. The van der Waals surface area contributed by atoms with Gasteiger partial charge in [0.05, 0.1) is 0 Å². The number of rotatable bonds is 4. The molecule has 3 nitrogen and oxygen atoms in total. The molecule has 0 spiro atoms. The van der Waals surface area contributed by atoms with E-state index in [2.05, 4.69) is 48.2 Å². The molecule has 2 atom stereocenters. The van der Waals surface area contributed by atoms with Gasteiger partial charge in [-0.15, -0.1) is 0 Å². The van der Waals surface area contributed by atoms with Crippen molar-refractivity contribution in [1.29, 1.82) is 0 Å². The zero-order valence-corrected chi connectivity index (χ0v) is 12.5. The first-order valence-corrected chi connectivity index (χ1v) is 7.52. The van der Waals surface area contributed by atoms with Gasteiger partial charge in [0.2, 0.25) is 0 Å². The zero-order valence-electron chi connectivity index (χ0n) is 12.5. The van der Waals surface area contributed by atoms with E-state index in [1.165, 1.54) is 31.4 Å². The molecule has 1 aromatic rings. The normalized spacial score (nSPS) is 25.5. The summed E-state index contributed by atoms with van der Waals surface area (Å²) in [5.41, 5.74) is 1.36. The molecule has 19 heavy (non-hydrogen) atoms. The Morgan fingerprint density at radius 2 is 2.26 bits per heavy atom. The fraction of sp³-hybridized carbons (Fsp3) is 0.688. The average Bonchev–Trinajstić information content (AvgIpc) is 2.59. The van der Waals surface area contributed by atoms with Gasteiger partial charge >= 0.3 is 0 Å². The molecule has 3 heteroatoms. The van der Waals surface area contributed by atoms with Gasteiger partial charge in [0.1, 0.15) is 0 Å². The molecule has 106 valence electrons. The summed E-state index contributed by atoms with van der Waals surface area (Å²) >= 11 is 0. The van der Waals surface area contributed by atoms with Crippen LogP contribution < -0.4 is 5.32 Å². The van der Waals surface area contributed by atoms with E-state index < -0.39 is 0 Å².